The van der Waals surface area contributed by atoms with Crippen LogP contribution in [0.1, 0.15) is 27.7 Å². The summed E-state index contributed by atoms with van der Waals surface area (Å²) in [7, 11) is 0. The number of thiocarbonyl (C=S) groups is 1. The van der Waals surface area contributed by atoms with E-state index < -0.39 is 54.5 Å². The van der Waals surface area contributed by atoms with E-state index in [1.54, 1.807) is 5.16 Å². The van der Waals surface area contributed by atoms with Crippen molar-refractivity contribution in [2.24, 2.45) is 0 Å². The number of amides is 1. The van der Waals surface area contributed by atoms with Crippen LogP contribution in [0.3, 0.4) is 0 Å². The topological polar surface area (TPSA) is 161 Å². The zero-order chi connectivity index (χ0) is 21.1. The third-order valence-electron chi connectivity index (χ3n) is 3.09. The molecule has 1 saturated heterocycles. The van der Waals surface area contributed by atoms with Crippen molar-refractivity contribution in [2.75, 3.05) is 6.61 Å². The predicted molar refractivity (Wildman–Crippen MR) is 91.5 cm³/mol. The van der Waals surface area contributed by atoms with Crippen LogP contribution in [0.25, 0.3) is 0 Å². The summed E-state index contributed by atoms with van der Waals surface area (Å²) >= 11 is 3.81. The van der Waals surface area contributed by atoms with Crippen molar-refractivity contribution in [3.8, 4) is 0 Å². The Morgan fingerprint density at radius 1 is 1.07 bits per heavy atom. The van der Waals surface area contributed by atoms with Gasteiger partial charge in [0, 0.05) is 27.7 Å². The molecule has 0 aromatic rings. The number of carbonyl (C=O) groups is 4. The molecule has 1 rings (SSSR count). The summed E-state index contributed by atoms with van der Waals surface area (Å²) in [4.78, 5) is 45.0. The Kier molecular flexibility index (Phi) is 11.0. The molecule has 5 atom stereocenters. The largest absolute Gasteiger partial charge is 0.463 e. The molecular formula is C15H22N2O9S. The van der Waals surface area contributed by atoms with Crippen molar-refractivity contribution in [1.29, 1.82) is 5.41 Å². The second kappa shape index (κ2) is 12.1. The molecule has 0 spiro atoms. The molecule has 1 aliphatic rings. The number of ether oxygens (including phenoxy) is 4. The minimum absolute atomic E-state index is 0.338. The monoisotopic (exact) mass is 406 g/mol. The first-order chi connectivity index (χ1) is 12.5. The third kappa shape index (κ3) is 9.20. The maximum Gasteiger partial charge on any atom is 0.303 e. The summed E-state index contributed by atoms with van der Waals surface area (Å²) in [5.74, 6) is -2.54. The summed E-state index contributed by atoms with van der Waals surface area (Å²) in [6.07, 6.45) is -5.06. The third-order valence-corrected chi connectivity index (χ3v) is 3.09. The Labute approximate surface area is 160 Å². The Morgan fingerprint density at radius 2 is 1.56 bits per heavy atom. The van der Waals surface area contributed by atoms with Gasteiger partial charge in [-0.25, -0.2) is 5.41 Å². The molecule has 0 saturated carbocycles. The van der Waals surface area contributed by atoms with Crippen molar-refractivity contribution in [1.82, 2.24) is 5.32 Å². The fraction of sp³-hybridized carbons (Fsp3) is 0.667. The highest BCUT2D eigenvalue weighted by Crippen LogP contribution is 2.26. The van der Waals surface area contributed by atoms with E-state index in [1.165, 1.54) is 13.8 Å². The van der Waals surface area contributed by atoms with E-state index >= 15 is 0 Å². The highest BCUT2D eigenvalue weighted by Gasteiger charge is 2.50. The SMILES string of the molecule is CC(=O)N[C@@H]1[C@@H](OC(C)=O)[C@H](OC(C)=O)[C@@H](COC(C)=O)O[C@H]1O.N=C=S. The molecule has 1 aliphatic heterocycles. The lowest BCUT2D eigenvalue weighted by molar-refractivity contribution is -0.264. The molecular weight excluding hydrogens is 384 g/mol. The number of rotatable bonds is 5. The van der Waals surface area contributed by atoms with Crippen molar-refractivity contribution < 1.29 is 43.2 Å². The van der Waals surface area contributed by atoms with Gasteiger partial charge in [0.2, 0.25) is 5.91 Å². The zero-order valence-corrected chi connectivity index (χ0v) is 16.0. The van der Waals surface area contributed by atoms with Gasteiger partial charge in [-0.15, -0.1) is 0 Å². The number of carbonyl (C=O) groups excluding carboxylic acids is 4. The normalized spacial score (nSPS) is 26.3. The summed E-state index contributed by atoms with van der Waals surface area (Å²) < 4.78 is 20.3. The van der Waals surface area contributed by atoms with Gasteiger partial charge in [-0.05, 0) is 12.2 Å². The number of hydrogen-bond acceptors (Lipinski definition) is 11. The van der Waals surface area contributed by atoms with E-state index in [4.69, 9.17) is 24.4 Å². The molecule has 0 radical (unpaired) electrons. The first-order valence-electron chi connectivity index (χ1n) is 7.65. The van der Waals surface area contributed by atoms with Crippen molar-refractivity contribution in [3.63, 3.8) is 0 Å². The molecule has 1 fully saturated rings. The van der Waals surface area contributed by atoms with Crippen LogP contribution in [0.2, 0.25) is 0 Å². The predicted octanol–water partition coefficient (Wildman–Crippen LogP) is -0.697. The number of esters is 3. The Morgan fingerprint density at radius 3 is 1.96 bits per heavy atom. The number of aliphatic hydroxyl groups is 1. The molecule has 0 aromatic heterocycles. The van der Waals surface area contributed by atoms with Gasteiger partial charge in [-0.3, -0.25) is 19.2 Å². The van der Waals surface area contributed by atoms with E-state index in [-0.39, 0.29) is 6.61 Å². The minimum Gasteiger partial charge on any atom is -0.463 e. The van der Waals surface area contributed by atoms with E-state index in [1.807, 2.05) is 0 Å². The first kappa shape index (κ1) is 24.6. The quantitative estimate of drug-likeness (QED) is 0.230. The molecule has 0 aromatic carbocycles. The molecule has 1 amide bonds. The zero-order valence-electron chi connectivity index (χ0n) is 15.2. The van der Waals surface area contributed by atoms with Crippen molar-refractivity contribution in [2.45, 2.75) is 58.3 Å². The second-order valence-electron chi connectivity index (χ2n) is 5.34. The highest BCUT2D eigenvalue weighted by atomic mass is 32.1. The fourth-order valence-electron chi connectivity index (χ4n) is 2.31. The number of hydrogen-bond donors (Lipinski definition) is 3. The maximum atomic E-state index is 11.4. The molecule has 1 heterocycles. The average Bonchev–Trinajstić information content (AvgIpc) is 2.51. The first-order valence-corrected chi connectivity index (χ1v) is 8.06. The van der Waals surface area contributed by atoms with Crippen molar-refractivity contribution in [3.05, 3.63) is 0 Å². The Balaban J connectivity index is 0.00000210. The van der Waals surface area contributed by atoms with Gasteiger partial charge in [-0.1, -0.05) is 0 Å². The number of nitrogens with one attached hydrogen (secondary N) is 2. The summed E-state index contributed by atoms with van der Waals surface area (Å²) in [5, 5.41) is 19.8. The lowest BCUT2D eigenvalue weighted by Crippen LogP contribution is -2.66. The number of aliphatic hydroxyl groups excluding tert-OH is 1. The Hall–Kier alpha value is -2.40. The van der Waals surface area contributed by atoms with Crippen LogP contribution in [-0.2, 0) is 38.1 Å². The highest BCUT2D eigenvalue weighted by molar-refractivity contribution is 7.78. The molecule has 11 nitrogen and oxygen atoms in total. The maximum absolute atomic E-state index is 11.4. The molecule has 0 unspecified atom stereocenters. The smallest absolute Gasteiger partial charge is 0.303 e. The fourth-order valence-corrected chi connectivity index (χ4v) is 2.31. The van der Waals surface area contributed by atoms with Crippen molar-refractivity contribution >= 4 is 41.2 Å². The minimum atomic E-state index is -1.56. The van der Waals surface area contributed by atoms with Crippen LogP contribution in [-0.4, -0.2) is 71.3 Å². The standard InChI is InChI=1S/C14H21NO9.CHNS/c1-6(16)15-11-13(23-9(4)19)12(22-8(3)18)10(24-14(11)20)5-21-7(2)17;2-1-3/h10-14,20H,5H2,1-4H3,(H,15,16);2H/t10-,11-,12-,13-,14-;/m1./s1. The molecule has 27 heavy (non-hydrogen) atoms. The van der Waals surface area contributed by atoms with Crippen LogP contribution >= 0.6 is 12.2 Å². The van der Waals surface area contributed by atoms with Crippen LogP contribution in [0, 0.1) is 5.41 Å². The summed E-state index contributed by atoms with van der Waals surface area (Å²) in [6, 6.07) is -1.16. The van der Waals surface area contributed by atoms with E-state index in [2.05, 4.69) is 17.5 Å². The summed E-state index contributed by atoms with van der Waals surface area (Å²) in [6.45, 7) is 4.28. The van der Waals surface area contributed by atoms with Gasteiger partial charge in [0.15, 0.2) is 18.5 Å². The second-order valence-corrected chi connectivity index (χ2v) is 5.55. The van der Waals surface area contributed by atoms with E-state index in [9.17, 15) is 24.3 Å². The molecule has 12 heteroatoms. The van der Waals surface area contributed by atoms with Gasteiger partial charge in [0.1, 0.15) is 18.8 Å². The van der Waals surface area contributed by atoms with E-state index in [0.29, 0.717) is 0 Å². The van der Waals surface area contributed by atoms with Gasteiger partial charge in [-0.2, -0.15) is 0 Å². The average molecular weight is 406 g/mol. The van der Waals surface area contributed by atoms with Gasteiger partial charge < -0.3 is 29.4 Å². The Bertz CT molecular complexity index is 592. The van der Waals surface area contributed by atoms with Gasteiger partial charge in [0.25, 0.3) is 0 Å². The molecule has 152 valence electrons. The van der Waals surface area contributed by atoms with Gasteiger partial charge >= 0.3 is 17.9 Å². The van der Waals surface area contributed by atoms with Crippen LogP contribution in [0.5, 0.6) is 0 Å². The molecule has 0 bridgehead atoms. The lowest BCUT2D eigenvalue weighted by Gasteiger charge is -2.43. The molecule has 3 N–H and O–H groups in total. The number of isothiocyanates is 1. The van der Waals surface area contributed by atoms with Gasteiger partial charge in [0.05, 0.1) is 5.16 Å². The molecule has 0 aliphatic carbocycles. The summed E-state index contributed by atoms with van der Waals surface area (Å²) in [5.41, 5.74) is 0. The van der Waals surface area contributed by atoms with Crippen LogP contribution in [0.4, 0.5) is 0 Å². The van der Waals surface area contributed by atoms with E-state index in [0.717, 1.165) is 13.8 Å². The van der Waals surface area contributed by atoms with Crippen LogP contribution in [0.15, 0.2) is 0 Å². The van der Waals surface area contributed by atoms with Crippen LogP contribution < -0.4 is 5.32 Å². The lowest BCUT2D eigenvalue weighted by atomic mass is 9.96.